The Hall–Kier alpha value is -1.58. The largest absolute Gasteiger partial charge is 0.384 e. The number of nitrogens with zero attached hydrogens (tertiary/aromatic N) is 2. The number of carbonyl (C=O) groups excluding carboxylic acids is 1. The Morgan fingerprint density at radius 3 is 2.53 bits per heavy atom. The van der Waals surface area contributed by atoms with E-state index in [9.17, 15) is 4.79 Å². The van der Waals surface area contributed by atoms with Gasteiger partial charge in [-0.05, 0) is 24.0 Å². The molecule has 0 spiro atoms. The number of pyridine rings is 1. The third kappa shape index (κ3) is 4.43. The quantitative estimate of drug-likeness (QED) is 0.875. The average molecular weight is 235 g/mol. The molecule has 2 N–H and O–H groups in total. The van der Waals surface area contributed by atoms with Crippen LogP contribution in [0.15, 0.2) is 18.3 Å². The Kier molecular flexibility index (Phi) is 4.10. The lowest BCUT2D eigenvalue weighted by molar-refractivity contribution is -0.118. The van der Waals surface area contributed by atoms with Gasteiger partial charge in [0.25, 0.3) is 0 Å². The highest BCUT2D eigenvalue weighted by Gasteiger charge is 2.16. The predicted molar refractivity (Wildman–Crippen MR) is 70.7 cm³/mol. The van der Waals surface area contributed by atoms with E-state index in [0.717, 1.165) is 12.1 Å². The summed E-state index contributed by atoms with van der Waals surface area (Å²) in [6.07, 6.45) is 3.03. The summed E-state index contributed by atoms with van der Waals surface area (Å²) >= 11 is 0. The Bertz CT molecular complexity index is 379. The molecule has 1 aromatic heterocycles. The summed E-state index contributed by atoms with van der Waals surface area (Å²) < 4.78 is 0. The van der Waals surface area contributed by atoms with E-state index in [-0.39, 0.29) is 11.3 Å². The molecule has 1 amide bonds. The highest BCUT2D eigenvalue weighted by atomic mass is 16.2. The predicted octanol–water partition coefficient (Wildman–Crippen LogP) is 2.45. The molecule has 0 unspecified atom stereocenters. The molecule has 94 valence electrons. The van der Waals surface area contributed by atoms with Crippen LogP contribution in [0.5, 0.6) is 0 Å². The first kappa shape index (κ1) is 13.5. The van der Waals surface area contributed by atoms with E-state index >= 15 is 0 Å². The number of rotatable bonds is 3. The molecule has 1 heterocycles. The van der Waals surface area contributed by atoms with Gasteiger partial charge < -0.3 is 10.6 Å². The molecule has 0 aliphatic heterocycles. The minimum absolute atomic E-state index is 0.103. The van der Waals surface area contributed by atoms with E-state index in [0.29, 0.717) is 12.2 Å². The van der Waals surface area contributed by atoms with Crippen molar-refractivity contribution < 1.29 is 4.79 Å². The molecule has 0 aliphatic carbocycles. The van der Waals surface area contributed by atoms with Gasteiger partial charge in [-0.25, -0.2) is 4.98 Å². The molecule has 1 rings (SSSR count). The Balaban J connectivity index is 2.61. The Labute approximate surface area is 103 Å². The van der Waals surface area contributed by atoms with Crippen molar-refractivity contribution in [1.82, 2.24) is 4.98 Å². The van der Waals surface area contributed by atoms with E-state index in [1.807, 2.05) is 0 Å². The summed E-state index contributed by atoms with van der Waals surface area (Å²) in [6, 6.07) is 3.50. The fraction of sp³-hybridized carbons (Fsp3) is 0.538. The van der Waals surface area contributed by atoms with Crippen LogP contribution in [0.2, 0.25) is 0 Å². The standard InChI is InChI=1S/C13H21N3O/c1-13(2,3)8-7-12(17)16(4)10-5-6-11(14)15-9-10/h5-6,9H,7-8H2,1-4H3,(H2,14,15). The first-order chi connectivity index (χ1) is 7.79. The van der Waals surface area contributed by atoms with E-state index in [2.05, 4.69) is 25.8 Å². The first-order valence-corrected chi connectivity index (χ1v) is 5.78. The van der Waals surface area contributed by atoms with Gasteiger partial charge in [0.05, 0.1) is 11.9 Å². The number of hydrogen-bond acceptors (Lipinski definition) is 3. The molecule has 0 aromatic carbocycles. The number of hydrogen-bond donors (Lipinski definition) is 1. The first-order valence-electron chi connectivity index (χ1n) is 5.78. The molecule has 4 nitrogen and oxygen atoms in total. The topological polar surface area (TPSA) is 59.2 Å². The van der Waals surface area contributed by atoms with Crippen LogP contribution in [0.1, 0.15) is 33.6 Å². The molecule has 4 heteroatoms. The summed E-state index contributed by atoms with van der Waals surface area (Å²) in [7, 11) is 1.76. The number of aromatic nitrogens is 1. The zero-order valence-electron chi connectivity index (χ0n) is 11.0. The van der Waals surface area contributed by atoms with Crippen molar-refractivity contribution >= 4 is 17.4 Å². The maximum absolute atomic E-state index is 11.9. The van der Waals surface area contributed by atoms with Gasteiger partial charge in [0.2, 0.25) is 5.91 Å². The van der Waals surface area contributed by atoms with Gasteiger partial charge in [0, 0.05) is 13.5 Å². The van der Waals surface area contributed by atoms with E-state index in [1.165, 1.54) is 0 Å². The lowest BCUT2D eigenvalue weighted by Crippen LogP contribution is -2.27. The molecule has 0 saturated carbocycles. The molecular formula is C13H21N3O. The molecular weight excluding hydrogens is 214 g/mol. The van der Waals surface area contributed by atoms with Crippen molar-refractivity contribution in [3.05, 3.63) is 18.3 Å². The summed E-state index contributed by atoms with van der Waals surface area (Å²) in [5.41, 5.74) is 6.46. The van der Waals surface area contributed by atoms with E-state index in [4.69, 9.17) is 5.73 Å². The molecule has 0 saturated heterocycles. The van der Waals surface area contributed by atoms with Crippen molar-refractivity contribution in [3.8, 4) is 0 Å². The molecule has 0 fully saturated rings. The summed E-state index contributed by atoms with van der Waals surface area (Å²) in [5.74, 6) is 0.566. The van der Waals surface area contributed by atoms with E-state index < -0.39 is 0 Å². The average Bonchev–Trinajstić information content (AvgIpc) is 2.25. The summed E-state index contributed by atoms with van der Waals surface area (Å²) in [6.45, 7) is 6.39. The lowest BCUT2D eigenvalue weighted by atomic mass is 9.90. The van der Waals surface area contributed by atoms with Gasteiger partial charge in [0.1, 0.15) is 5.82 Å². The number of nitrogens with two attached hydrogens (primary N) is 1. The van der Waals surface area contributed by atoms with Crippen molar-refractivity contribution in [3.63, 3.8) is 0 Å². The fourth-order valence-corrected chi connectivity index (χ4v) is 1.39. The smallest absolute Gasteiger partial charge is 0.226 e. The second-order valence-electron chi connectivity index (χ2n) is 5.45. The number of carbonyl (C=O) groups is 1. The van der Waals surface area contributed by atoms with Crippen LogP contribution < -0.4 is 10.6 Å². The third-order valence-electron chi connectivity index (χ3n) is 2.62. The molecule has 0 bridgehead atoms. The Morgan fingerprint density at radius 2 is 2.06 bits per heavy atom. The Morgan fingerprint density at radius 1 is 1.41 bits per heavy atom. The van der Waals surface area contributed by atoms with Crippen molar-refractivity contribution in [1.29, 1.82) is 0 Å². The zero-order valence-corrected chi connectivity index (χ0v) is 11.0. The molecule has 0 aliphatic rings. The van der Waals surface area contributed by atoms with Gasteiger partial charge in [0.15, 0.2) is 0 Å². The van der Waals surface area contributed by atoms with E-state index in [1.54, 1.807) is 30.3 Å². The number of nitrogen functional groups attached to an aromatic ring is 1. The number of anilines is 2. The van der Waals surface area contributed by atoms with Crippen molar-refractivity contribution in [2.24, 2.45) is 5.41 Å². The van der Waals surface area contributed by atoms with Crippen LogP contribution in [-0.2, 0) is 4.79 Å². The summed E-state index contributed by atoms with van der Waals surface area (Å²) in [5, 5.41) is 0. The maximum Gasteiger partial charge on any atom is 0.226 e. The molecule has 0 atom stereocenters. The van der Waals surface area contributed by atoms with Crippen LogP contribution in [-0.4, -0.2) is 17.9 Å². The maximum atomic E-state index is 11.9. The third-order valence-corrected chi connectivity index (χ3v) is 2.62. The van der Waals surface area contributed by atoms with Crippen LogP contribution in [0.4, 0.5) is 11.5 Å². The van der Waals surface area contributed by atoms with Crippen LogP contribution in [0.3, 0.4) is 0 Å². The van der Waals surface area contributed by atoms with Crippen LogP contribution in [0, 0.1) is 5.41 Å². The monoisotopic (exact) mass is 235 g/mol. The minimum Gasteiger partial charge on any atom is -0.384 e. The highest BCUT2D eigenvalue weighted by molar-refractivity contribution is 5.92. The van der Waals surface area contributed by atoms with Gasteiger partial charge >= 0.3 is 0 Å². The van der Waals surface area contributed by atoms with Gasteiger partial charge in [-0.15, -0.1) is 0 Å². The minimum atomic E-state index is 0.103. The van der Waals surface area contributed by atoms with Gasteiger partial charge in [-0.1, -0.05) is 20.8 Å². The second kappa shape index (κ2) is 5.17. The van der Waals surface area contributed by atoms with Crippen LogP contribution in [0.25, 0.3) is 0 Å². The van der Waals surface area contributed by atoms with Crippen molar-refractivity contribution in [2.75, 3.05) is 17.7 Å². The highest BCUT2D eigenvalue weighted by Crippen LogP contribution is 2.22. The number of amides is 1. The van der Waals surface area contributed by atoms with Crippen molar-refractivity contribution in [2.45, 2.75) is 33.6 Å². The molecule has 1 aromatic rings. The second-order valence-corrected chi connectivity index (χ2v) is 5.45. The van der Waals surface area contributed by atoms with Gasteiger partial charge in [-0.2, -0.15) is 0 Å². The van der Waals surface area contributed by atoms with Crippen LogP contribution >= 0.6 is 0 Å². The molecule has 17 heavy (non-hydrogen) atoms. The SMILES string of the molecule is CN(C(=O)CCC(C)(C)C)c1ccc(N)nc1. The normalized spacial score (nSPS) is 11.3. The molecule has 0 radical (unpaired) electrons. The lowest BCUT2D eigenvalue weighted by Gasteiger charge is -2.21. The van der Waals surface area contributed by atoms with Gasteiger partial charge in [-0.3, -0.25) is 4.79 Å². The zero-order chi connectivity index (χ0) is 13.1. The summed E-state index contributed by atoms with van der Waals surface area (Å²) in [4.78, 5) is 17.5. The fourth-order valence-electron chi connectivity index (χ4n) is 1.39.